The molecule has 0 amide bonds. The predicted octanol–water partition coefficient (Wildman–Crippen LogP) is 1.71. The van der Waals surface area contributed by atoms with Gasteiger partial charge in [0.1, 0.15) is 6.29 Å². The molecule has 0 radical (unpaired) electrons. The van der Waals surface area contributed by atoms with Gasteiger partial charge in [-0.25, -0.2) is 0 Å². The van der Waals surface area contributed by atoms with Crippen molar-refractivity contribution in [3.8, 4) is 0 Å². The summed E-state index contributed by atoms with van der Waals surface area (Å²) in [5.74, 6) is 0. The fourth-order valence-electron chi connectivity index (χ4n) is 0.686. The van der Waals surface area contributed by atoms with Crippen molar-refractivity contribution in [3.63, 3.8) is 0 Å². The highest BCUT2D eigenvalue weighted by Gasteiger charge is 2.38. The zero-order valence-corrected chi connectivity index (χ0v) is 10.3. The summed E-state index contributed by atoms with van der Waals surface area (Å²) in [6.45, 7) is 10.5. The Kier molecular flexibility index (Phi) is 4.58. The van der Waals surface area contributed by atoms with Crippen LogP contribution in [0.15, 0.2) is 0 Å². The molecule has 80 valence electrons. The van der Waals surface area contributed by atoms with Crippen molar-refractivity contribution in [2.75, 3.05) is 6.61 Å². The van der Waals surface area contributed by atoms with Gasteiger partial charge in [-0.05, 0) is 18.1 Å². The highest BCUT2D eigenvalue weighted by molar-refractivity contribution is 6.74. The molecule has 0 aromatic rings. The molecule has 1 atom stereocenters. The van der Waals surface area contributed by atoms with Gasteiger partial charge in [0.05, 0.1) is 0 Å². The summed E-state index contributed by atoms with van der Waals surface area (Å²) in [7, 11) is -1.87. The third kappa shape index (κ3) is 4.22. The van der Waals surface area contributed by atoms with Gasteiger partial charge >= 0.3 is 0 Å². The second kappa shape index (κ2) is 4.55. The Morgan fingerprint density at radius 1 is 1.31 bits per heavy atom. The predicted molar refractivity (Wildman–Crippen MR) is 56.0 cm³/mol. The molecule has 0 bridgehead atoms. The number of aliphatic hydroxyl groups excluding tert-OH is 2. The molecule has 4 heteroatoms. The lowest BCUT2D eigenvalue weighted by Gasteiger charge is -2.37. The average molecular weight is 206 g/mol. The summed E-state index contributed by atoms with van der Waals surface area (Å²) in [5, 5.41) is 18.1. The monoisotopic (exact) mass is 206 g/mol. The minimum atomic E-state index is -1.87. The fourth-order valence-corrected chi connectivity index (χ4v) is 1.84. The summed E-state index contributed by atoms with van der Waals surface area (Å²) < 4.78 is 5.58. The first-order valence-electron chi connectivity index (χ1n) is 4.67. The van der Waals surface area contributed by atoms with Gasteiger partial charge < -0.3 is 14.6 Å². The van der Waals surface area contributed by atoms with Crippen molar-refractivity contribution < 1.29 is 14.6 Å². The van der Waals surface area contributed by atoms with E-state index in [1.165, 1.54) is 0 Å². The van der Waals surface area contributed by atoms with Gasteiger partial charge in [-0.3, -0.25) is 0 Å². The first-order valence-corrected chi connectivity index (χ1v) is 7.58. The summed E-state index contributed by atoms with van der Waals surface area (Å²) in [6, 6.07) is 0. The molecule has 0 rings (SSSR count). The molecule has 0 fully saturated rings. The third-order valence-electron chi connectivity index (χ3n) is 2.61. The number of aliphatic hydroxyl groups is 2. The minimum absolute atomic E-state index is 0.0320. The Hall–Kier alpha value is 0.0969. The molecule has 13 heavy (non-hydrogen) atoms. The van der Waals surface area contributed by atoms with Gasteiger partial charge in [-0.1, -0.05) is 20.8 Å². The molecule has 0 heterocycles. The van der Waals surface area contributed by atoms with E-state index >= 15 is 0 Å². The zero-order chi connectivity index (χ0) is 10.7. The molecule has 3 nitrogen and oxygen atoms in total. The average Bonchev–Trinajstić information content (AvgIpc) is 1.83. The van der Waals surface area contributed by atoms with Crippen LogP contribution in [0.3, 0.4) is 0 Å². The quantitative estimate of drug-likeness (QED) is 0.544. The molecule has 0 aromatic carbocycles. The molecule has 0 saturated carbocycles. The van der Waals surface area contributed by atoms with E-state index in [2.05, 4.69) is 33.9 Å². The van der Waals surface area contributed by atoms with Crippen LogP contribution in [0.4, 0.5) is 0 Å². The van der Waals surface area contributed by atoms with E-state index in [1.54, 1.807) is 0 Å². The normalized spacial score (nSPS) is 15.9. The summed E-state index contributed by atoms with van der Waals surface area (Å²) in [6.07, 6.45) is -0.516. The van der Waals surface area contributed by atoms with Crippen molar-refractivity contribution in [2.24, 2.45) is 0 Å². The Labute approximate surface area is 81.9 Å². The van der Waals surface area contributed by atoms with Gasteiger partial charge in [0, 0.05) is 13.0 Å². The topological polar surface area (TPSA) is 49.7 Å². The smallest absolute Gasteiger partial charge is 0.195 e. The number of hydrogen-bond acceptors (Lipinski definition) is 3. The number of hydrogen-bond donors (Lipinski definition) is 2. The van der Waals surface area contributed by atoms with Crippen LogP contribution in [0.1, 0.15) is 27.2 Å². The van der Waals surface area contributed by atoms with E-state index in [9.17, 15) is 5.11 Å². The maximum absolute atomic E-state index is 9.40. The maximum Gasteiger partial charge on any atom is 0.195 e. The van der Waals surface area contributed by atoms with Crippen LogP contribution in [-0.2, 0) is 4.43 Å². The van der Waals surface area contributed by atoms with E-state index in [0.29, 0.717) is 6.42 Å². The molecule has 0 aliphatic heterocycles. The van der Waals surface area contributed by atoms with E-state index < -0.39 is 14.6 Å². The molecular weight excluding hydrogens is 184 g/mol. The third-order valence-corrected chi connectivity index (χ3v) is 7.09. The first kappa shape index (κ1) is 13.1. The minimum Gasteiger partial charge on any atom is -0.396 e. The van der Waals surface area contributed by atoms with Crippen LogP contribution in [0.5, 0.6) is 0 Å². The second-order valence-corrected chi connectivity index (χ2v) is 9.60. The van der Waals surface area contributed by atoms with Crippen molar-refractivity contribution in [1.82, 2.24) is 0 Å². The van der Waals surface area contributed by atoms with Gasteiger partial charge in [0.25, 0.3) is 0 Å². The lowest BCUT2D eigenvalue weighted by Crippen LogP contribution is -2.44. The molecular formula is C9H22O3Si. The van der Waals surface area contributed by atoms with Crippen LogP contribution >= 0.6 is 0 Å². The van der Waals surface area contributed by atoms with Crippen LogP contribution < -0.4 is 0 Å². The fraction of sp³-hybridized carbons (Fsp3) is 1.00. The maximum atomic E-state index is 9.40. The SMILES string of the molecule is CC(C)(C)[Si](C)(C)OC(O)CCO. The molecule has 0 aliphatic carbocycles. The summed E-state index contributed by atoms with van der Waals surface area (Å²) >= 11 is 0. The van der Waals surface area contributed by atoms with Crippen molar-refractivity contribution in [1.29, 1.82) is 0 Å². The lowest BCUT2D eigenvalue weighted by atomic mass is 10.2. The Morgan fingerprint density at radius 2 is 1.77 bits per heavy atom. The highest BCUT2D eigenvalue weighted by Crippen LogP contribution is 2.37. The zero-order valence-electron chi connectivity index (χ0n) is 9.29. The molecule has 2 N–H and O–H groups in total. The van der Waals surface area contributed by atoms with Crippen LogP contribution in [0.2, 0.25) is 18.1 Å². The highest BCUT2D eigenvalue weighted by atomic mass is 28.4. The van der Waals surface area contributed by atoms with Crippen LogP contribution in [-0.4, -0.2) is 31.4 Å². The van der Waals surface area contributed by atoms with Crippen molar-refractivity contribution >= 4 is 8.32 Å². The van der Waals surface area contributed by atoms with E-state index in [0.717, 1.165) is 0 Å². The Balaban J connectivity index is 4.17. The lowest BCUT2D eigenvalue weighted by molar-refractivity contribution is -0.0427. The Morgan fingerprint density at radius 3 is 2.08 bits per heavy atom. The van der Waals surface area contributed by atoms with Gasteiger partial charge in [0.15, 0.2) is 8.32 Å². The molecule has 0 saturated heterocycles. The summed E-state index contributed by atoms with van der Waals surface area (Å²) in [4.78, 5) is 0. The second-order valence-electron chi connectivity index (χ2n) is 4.85. The molecule has 0 aromatic heterocycles. The molecule has 0 spiro atoms. The van der Waals surface area contributed by atoms with Crippen molar-refractivity contribution in [3.05, 3.63) is 0 Å². The number of rotatable bonds is 4. The standard InChI is InChI=1S/C9H22O3Si/c1-9(2,3)13(4,5)12-8(11)6-7-10/h8,10-11H,6-7H2,1-5H3. The van der Waals surface area contributed by atoms with Crippen LogP contribution in [0.25, 0.3) is 0 Å². The van der Waals surface area contributed by atoms with Crippen LogP contribution in [0, 0.1) is 0 Å². The van der Waals surface area contributed by atoms with Gasteiger partial charge in [0.2, 0.25) is 0 Å². The first-order chi connectivity index (χ1) is 5.70. The van der Waals surface area contributed by atoms with Crippen molar-refractivity contribution in [2.45, 2.75) is 51.6 Å². The van der Waals surface area contributed by atoms with E-state index in [4.69, 9.17) is 9.53 Å². The van der Waals surface area contributed by atoms with E-state index in [1.807, 2.05) is 0 Å². The van der Waals surface area contributed by atoms with Gasteiger partial charge in [-0.2, -0.15) is 0 Å². The largest absolute Gasteiger partial charge is 0.396 e. The Bertz CT molecular complexity index is 151. The molecule has 1 unspecified atom stereocenters. The summed E-state index contributed by atoms with van der Waals surface area (Å²) in [5.41, 5.74) is 0. The molecule has 0 aliphatic rings. The van der Waals surface area contributed by atoms with Gasteiger partial charge in [-0.15, -0.1) is 0 Å². The van der Waals surface area contributed by atoms with E-state index in [-0.39, 0.29) is 11.6 Å².